The summed E-state index contributed by atoms with van der Waals surface area (Å²) in [7, 11) is 4.38. The fourth-order valence-corrected chi connectivity index (χ4v) is 5.43. The summed E-state index contributed by atoms with van der Waals surface area (Å²) in [5.74, 6) is 1.69. The largest absolute Gasteiger partial charge is 0.471 e. The van der Waals surface area contributed by atoms with Crippen LogP contribution in [0.5, 0.6) is 11.5 Å². The molecular formula is C34H62N2O3. The van der Waals surface area contributed by atoms with E-state index in [1.54, 1.807) is 0 Å². The molecule has 1 aromatic rings. The third-order valence-electron chi connectivity index (χ3n) is 8.11. The molecule has 2 unspecified atom stereocenters. The maximum absolute atomic E-state index is 6.60. The Kier molecular flexibility index (Phi) is 19.5. The van der Waals surface area contributed by atoms with Crippen molar-refractivity contribution in [3.05, 3.63) is 24.3 Å². The summed E-state index contributed by atoms with van der Waals surface area (Å²) in [6.45, 7) is 8.08. The molecule has 0 N–H and O–H groups in total. The number of nitrogens with zero attached hydrogens (tertiary/aromatic N) is 2. The number of para-hydroxylation sites is 2. The molecule has 226 valence electrons. The minimum atomic E-state index is -0.00842. The molecule has 1 aliphatic heterocycles. The van der Waals surface area contributed by atoms with Crippen LogP contribution in [0, 0.1) is 0 Å². The minimum Gasteiger partial charge on any atom is -0.471 e. The molecular weight excluding hydrogens is 484 g/mol. The zero-order chi connectivity index (χ0) is 28.0. The third kappa shape index (κ3) is 15.3. The van der Waals surface area contributed by atoms with Crippen LogP contribution in [0.4, 0.5) is 0 Å². The van der Waals surface area contributed by atoms with E-state index in [9.17, 15) is 0 Å². The van der Waals surface area contributed by atoms with Gasteiger partial charge in [0.15, 0.2) is 24.0 Å². The van der Waals surface area contributed by atoms with Crippen LogP contribution in [0.2, 0.25) is 0 Å². The van der Waals surface area contributed by atoms with Crippen molar-refractivity contribution in [3.8, 4) is 11.5 Å². The van der Waals surface area contributed by atoms with Gasteiger partial charge in [0, 0.05) is 25.9 Å². The molecule has 5 heteroatoms. The molecule has 0 spiro atoms. The SMILES string of the molecule is CCCCCCCCCCN(C)C1CCOCCC(N(C)CCCCCCCCCC)Oc2ccccc2O1. The van der Waals surface area contributed by atoms with Crippen LogP contribution < -0.4 is 9.47 Å². The zero-order valence-corrected chi connectivity index (χ0v) is 26.1. The van der Waals surface area contributed by atoms with Crippen LogP contribution in [-0.4, -0.2) is 62.7 Å². The highest BCUT2D eigenvalue weighted by Gasteiger charge is 2.23. The molecule has 2 rings (SSSR count). The number of benzene rings is 1. The molecule has 0 aromatic heterocycles. The molecule has 0 radical (unpaired) electrons. The highest BCUT2D eigenvalue weighted by Crippen LogP contribution is 2.31. The van der Waals surface area contributed by atoms with Crippen LogP contribution in [-0.2, 0) is 4.74 Å². The summed E-state index contributed by atoms with van der Waals surface area (Å²) in [4.78, 5) is 4.72. The Bertz CT molecular complexity index is 644. The van der Waals surface area contributed by atoms with E-state index in [-0.39, 0.29) is 12.5 Å². The third-order valence-corrected chi connectivity index (χ3v) is 8.11. The molecule has 0 saturated carbocycles. The van der Waals surface area contributed by atoms with Crippen molar-refractivity contribution in [2.45, 2.75) is 142 Å². The first kappa shape index (κ1) is 33.9. The first-order chi connectivity index (χ1) is 19.2. The van der Waals surface area contributed by atoms with E-state index in [0.29, 0.717) is 13.2 Å². The van der Waals surface area contributed by atoms with E-state index in [1.807, 2.05) is 12.1 Å². The van der Waals surface area contributed by atoms with Crippen molar-refractivity contribution in [2.24, 2.45) is 0 Å². The summed E-state index contributed by atoms with van der Waals surface area (Å²) >= 11 is 0. The maximum Gasteiger partial charge on any atom is 0.163 e. The number of unbranched alkanes of at least 4 members (excludes halogenated alkanes) is 14. The number of fused-ring (bicyclic) bond motifs is 1. The van der Waals surface area contributed by atoms with Gasteiger partial charge in [-0.1, -0.05) is 116 Å². The van der Waals surface area contributed by atoms with Crippen LogP contribution >= 0.6 is 0 Å². The van der Waals surface area contributed by atoms with Gasteiger partial charge < -0.3 is 14.2 Å². The lowest BCUT2D eigenvalue weighted by atomic mass is 10.1. The van der Waals surface area contributed by atoms with Crippen LogP contribution in [0.3, 0.4) is 0 Å². The molecule has 5 nitrogen and oxygen atoms in total. The van der Waals surface area contributed by atoms with Crippen molar-refractivity contribution >= 4 is 0 Å². The lowest BCUT2D eigenvalue weighted by molar-refractivity contribution is 0.00222. The first-order valence-electron chi connectivity index (χ1n) is 16.6. The second-order valence-electron chi connectivity index (χ2n) is 11.7. The molecule has 0 bridgehead atoms. The molecule has 39 heavy (non-hydrogen) atoms. The van der Waals surface area contributed by atoms with Gasteiger partial charge in [-0.2, -0.15) is 0 Å². The van der Waals surface area contributed by atoms with Crippen LogP contribution in [0.15, 0.2) is 24.3 Å². The molecule has 2 atom stereocenters. The van der Waals surface area contributed by atoms with Gasteiger partial charge in [0.25, 0.3) is 0 Å². The van der Waals surface area contributed by atoms with Gasteiger partial charge in [0.2, 0.25) is 0 Å². The second kappa shape index (κ2) is 22.4. The monoisotopic (exact) mass is 546 g/mol. The zero-order valence-electron chi connectivity index (χ0n) is 26.1. The van der Waals surface area contributed by atoms with E-state index < -0.39 is 0 Å². The van der Waals surface area contributed by atoms with Crippen molar-refractivity contribution < 1.29 is 14.2 Å². The molecule has 0 aliphatic carbocycles. The Hall–Kier alpha value is -1.30. The second-order valence-corrected chi connectivity index (χ2v) is 11.7. The van der Waals surface area contributed by atoms with Gasteiger partial charge in [-0.25, -0.2) is 0 Å². The molecule has 0 amide bonds. The van der Waals surface area contributed by atoms with Gasteiger partial charge >= 0.3 is 0 Å². The normalized spacial score (nSPS) is 18.4. The minimum absolute atomic E-state index is 0.00842. The van der Waals surface area contributed by atoms with Crippen molar-refractivity contribution in [1.82, 2.24) is 9.80 Å². The van der Waals surface area contributed by atoms with Crippen LogP contribution in [0.25, 0.3) is 0 Å². The predicted molar refractivity (Wildman–Crippen MR) is 166 cm³/mol. The molecule has 1 heterocycles. The van der Waals surface area contributed by atoms with Crippen molar-refractivity contribution in [1.29, 1.82) is 0 Å². The fraction of sp³-hybridized carbons (Fsp3) is 0.824. The molecule has 1 aromatic carbocycles. The quantitative estimate of drug-likeness (QED) is 0.152. The van der Waals surface area contributed by atoms with Gasteiger partial charge in [-0.3, -0.25) is 9.80 Å². The van der Waals surface area contributed by atoms with Crippen molar-refractivity contribution in [3.63, 3.8) is 0 Å². The van der Waals surface area contributed by atoms with E-state index in [2.05, 4.69) is 49.9 Å². The number of hydrogen-bond donors (Lipinski definition) is 0. The van der Waals surface area contributed by atoms with E-state index in [4.69, 9.17) is 14.2 Å². The Balaban J connectivity index is 1.83. The molecule has 0 saturated heterocycles. The van der Waals surface area contributed by atoms with Gasteiger partial charge in [-0.05, 0) is 39.1 Å². The maximum atomic E-state index is 6.60. The molecule has 1 aliphatic rings. The summed E-state index contributed by atoms with van der Waals surface area (Å²) in [6.07, 6.45) is 23.1. The highest BCUT2D eigenvalue weighted by molar-refractivity contribution is 5.39. The van der Waals surface area contributed by atoms with E-state index >= 15 is 0 Å². The summed E-state index contributed by atoms with van der Waals surface area (Å²) in [5.41, 5.74) is 0. The van der Waals surface area contributed by atoms with Gasteiger partial charge in [-0.15, -0.1) is 0 Å². The number of hydrogen-bond acceptors (Lipinski definition) is 5. The Labute approximate surface area is 242 Å². The van der Waals surface area contributed by atoms with Gasteiger partial charge in [0.05, 0.1) is 13.2 Å². The Morgan fingerprint density at radius 3 is 1.31 bits per heavy atom. The Morgan fingerprint density at radius 2 is 0.923 bits per heavy atom. The Morgan fingerprint density at radius 1 is 0.564 bits per heavy atom. The average molecular weight is 547 g/mol. The summed E-state index contributed by atoms with van der Waals surface area (Å²) in [6, 6.07) is 8.21. The number of ether oxygens (including phenoxy) is 3. The topological polar surface area (TPSA) is 34.2 Å². The number of rotatable bonds is 20. The first-order valence-corrected chi connectivity index (χ1v) is 16.6. The lowest BCUT2D eigenvalue weighted by Crippen LogP contribution is -2.38. The predicted octanol–water partition coefficient (Wildman–Crippen LogP) is 9.05. The molecule has 0 fully saturated rings. The average Bonchev–Trinajstić information content (AvgIpc) is 2.99. The smallest absolute Gasteiger partial charge is 0.163 e. The van der Waals surface area contributed by atoms with Gasteiger partial charge in [0.1, 0.15) is 0 Å². The van der Waals surface area contributed by atoms with E-state index in [1.165, 1.54) is 103 Å². The van der Waals surface area contributed by atoms with E-state index in [0.717, 1.165) is 37.4 Å². The summed E-state index contributed by atoms with van der Waals surface area (Å²) in [5, 5.41) is 0. The highest BCUT2D eigenvalue weighted by atomic mass is 16.6. The summed E-state index contributed by atoms with van der Waals surface area (Å²) < 4.78 is 19.3. The lowest BCUT2D eigenvalue weighted by Gasteiger charge is -2.30. The standard InChI is InChI=1S/C34H62N2O3/c1-5-7-9-11-13-15-17-21-27-35(3)33-25-29-37-30-26-34(39-32-24-20-19-23-31(32)38-33)36(4)28-22-18-16-14-12-10-8-6-2/h19-20,23-24,33-34H,5-18,21-22,25-30H2,1-4H3. The van der Waals surface area contributed by atoms with Crippen molar-refractivity contribution in [2.75, 3.05) is 40.4 Å². The fourth-order valence-electron chi connectivity index (χ4n) is 5.43. The van der Waals surface area contributed by atoms with Crippen LogP contribution in [0.1, 0.15) is 129 Å².